The third kappa shape index (κ3) is 6.45. The summed E-state index contributed by atoms with van der Waals surface area (Å²) in [5.74, 6) is 2.23. The van der Waals surface area contributed by atoms with Crippen molar-refractivity contribution < 1.29 is 35.7 Å². The fraction of sp³-hybridized carbons (Fsp3) is 0.400. The molecular formula is C15H17F3N2O5S. The summed E-state index contributed by atoms with van der Waals surface area (Å²) < 4.78 is 67.6. The summed E-state index contributed by atoms with van der Waals surface area (Å²) in [7, 11) is -4.11. The third-order valence-corrected chi connectivity index (χ3v) is 3.85. The van der Waals surface area contributed by atoms with Gasteiger partial charge in [0.2, 0.25) is 0 Å². The normalized spacial score (nSPS) is 12.7. The molecule has 7 nitrogen and oxygen atoms in total. The summed E-state index contributed by atoms with van der Waals surface area (Å²) in [5.41, 5.74) is -1.29. The second-order valence-corrected chi connectivity index (χ2v) is 6.42. The lowest BCUT2D eigenvalue weighted by Gasteiger charge is -2.23. The minimum Gasteiger partial charge on any atom is -0.465 e. The van der Waals surface area contributed by atoms with Crippen LogP contribution in [0.1, 0.15) is 25.8 Å². The van der Waals surface area contributed by atoms with Crippen LogP contribution in [0.3, 0.4) is 0 Å². The molecule has 1 rings (SSSR count). The lowest BCUT2D eigenvalue weighted by atomic mass is 10.1. The highest BCUT2D eigenvalue weighted by Crippen LogP contribution is 2.32. The molecule has 0 heterocycles. The Bertz CT molecular complexity index is 799. The Balaban J connectivity index is 3.02. The predicted molar refractivity (Wildman–Crippen MR) is 87.5 cm³/mol. The van der Waals surface area contributed by atoms with Crippen molar-refractivity contribution >= 4 is 22.1 Å². The lowest BCUT2D eigenvalue weighted by molar-refractivity contribution is -0.137. The van der Waals surface area contributed by atoms with Crippen molar-refractivity contribution in [2.75, 3.05) is 11.4 Å². The van der Waals surface area contributed by atoms with Gasteiger partial charge in [-0.1, -0.05) is 13.0 Å². The highest BCUT2D eigenvalue weighted by atomic mass is 32.2. The van der Waals surface area contributed by atoms with Gasteiger partial charge in [0.15, 0.2) is 0 Å². The summed E-state index contributed by atoms with van der Waals surface area (Å²) in [6, 6.07) is 2.52. The summed E-state index contributed by atoms with van der Waals surface area (Å²) in [6.45, 7) is 3.14. The van der Waals surface area contributed by atoms with Crippen LogP contribution < -0.4 is 9.62 Å². The summed E-state index contributed by atoms with van der Waals surface area (Å²) >= 11 is 0. The Labute approximate surface area is 149 Å². The van der Waals surface area contributed by atoms with Crippen LogP contribution in [0.2, 0.25) is 0 Å². The summed E-state index contributed by atoms with van der Waals surface area (Å²) in [6.07, 6.45) is -3.82. The lowest BCUT2D eigenvalue weighted by Crippen LogP contribution is -2.37. The molecule has 0 saturated carbocycles. The first-order valence-electron chi connectivity index (χ1n) is 7.36. The fourth-order valence-electron chi connectivity index (χ4n) is 1.82. The minimum absolute atomic E-state index is 0.130. The maximum absolute atomic E-state index is 12.8. The molecule has 2 N–H and O–H groups in total. The molecule has 0 aliphatic rings. The Morgan fingerprint density at radius 1 is 1.42 bits per heavy atom. The topological polar surface area (TPSA) is 95.9 Å². The molecule has 1 aromatic rings. The molecule has 11 heteroatoms. The molecule has 1 amide bonds. The van der Waals surface area contributed by atoms with Gasteiger partial charge < -0.3 is 9.29 Å². The number of benzene rings is 1. The molecule has 1 unspecified atom stereocenters. The van der Waals surface area contributed by atoms with Gasteiger partial charge in [-0.3, -0.25) is 4.90 Å². The smallest absolute Gasteiger partial charge is 0.416 e. The Morgan fingerprint density at radius 2 is 2.08 bits per heavy atom. The number of hydrogen-bond acceptors (Lipinski definition) is 4. The molecule has 0 aliphatic heterocycles. The van der Waals surface area contributed by atoms with Crippen LogP contribution in [0.5, 0.6) is 0 Å². The monoisotopic (exact) mass is 394 g/mol. The van der Waals surface area contributed by atoms with Gasteiger partial charge in [0.25, 0.3) is 0 Å². The summed E-state index contributed by atoms with van der Waals surface area (Å²) in [4.78, 5) is 12.0. The van der Waals surface area contributed by atoms with Gasteiger partial charge in [-0.2, -0.15) is 26.3 Å². The predicted octanol–water partition coefficient (Wildman–Crippen LogP) is 2.80. The number of nitrogens with one attached hydrogen (secondary N) is 1. The van der Waals surface area contributed by atoms with Gasteiger partial charge >= 0.3 is 22.6 Å². The largest absolute Gasteiger partial charge is 0.465 e. The van der Waals surface area contributed by atoms with Crippen molar-refractivity contribution in [3.63, 3.8) is 0 Å². The third-order valence-electron chi connectivity index (χ3n) is 2.99. The van der Waals surface area contributed by atoms with E-state index in [9.17, 15) is 31.5 Å². The zero-order valence-electron chi connectivity index (χ0n) is 13.9. The van der Waals surface area contributed by atoms with Crippen LogP contribution in [-0.4, -0.2) is 32.2 Å². The number of halogens is 3. The van der Waals surface area contributed by atoms with Gasteiger partial charge in [-0.15, -0.1) is 0 Å². The second kappa shape index (κ2) is 8.77. The van der Waals surface area contributed by atoms with E-state index in [0.29, 0.717) is 17.4 Å². The Morgan fingerprint density at radius 3 is 2.62 bits per heavy atom. The maximum atomic E-state index is 12.8. The van der Waals surface area contributed by atoms with Crippen molar-refractivity contribution in [3.8, 4) is 12.0 Å². The van der Waals surface area contributed by atoms with Crippen LogP contribution >= 0.6 is 0 Å². The first-order chi connectivity index (χ1) is 12.0. The van der Waals surface area contributed by atoms with E-state index in [1.807, 2.05) is 6.11 Å². The van der Waals surface area contributed by atoms with Crippen molar-refractivity contribution in [2.24, 2.45) is 0 Å². The molecule has 0 saturated heterocycles. The van der Waals surface area contributed by atoms with E-state index < -0.39 is 34.2 Å². The number of alkyl halides is 3. The van der Waals surface area contributed by atoms with Crippen molar-refractivity contribution in [3.05, 3.63) is 29.8 Å². The van der Waals surface area contributed by atoms with Crippen LogP contribution in [0.15, 0.2) is 24.3 Å². The molecule has 0 fully saturated rings. The standard InChI is InChI=1S/C15H17F3N2O5S/c1-3-8-19-26(23,24)25-9-7-11(2)20(14(21)22)13-6-4-5-12(10-13)15(16,17)18/h4-6,10-11,19H,3,8H2,1-2H3,(H,21,22). The van der Waals surface area contributed by atoms with E-state index >= 15 is 0 Å². The number of carboxylic acid groups (broad SMARTS) is 1. The van der Waals surface area contributed by atoms with Crippen molar-refractivity contribution in [2.45, 2.75) is 32.5 Å². The van der Waals surface area contributed by atoms with Crippen molar-refractivity contribution in [1.29, 1.82) is 0 Å². The first-order valence-corrected chi connectivity index (χ1v) is 8.76. The Hall–Kier alpha value is -2.45. The number of amides is 1. The van der Waals surface area contributed by atoms with Gasteiger partial charge in [-0.05, 0) is 37.5 Å². The fourth-order valence-corrected chi connectivity index (χ4v) is 2.49. The van der Waals surface area contributed by atoms with Crippen LogP contribution in [0, 0.1) is 12.0 Å². The average Bonchev–Trinajstić information content (AvgIpc) is 2.52. The Kier molecular flexibility index (Phi) is 7.29. The maximum Gasteiger partial charge on any atom is 0.416 e. The number of hydrogen-bond donors (Lipinski definition) is 2. The quantitative estimate of drug-likeness (QED) is 0.724. The van der Waals surface area contributed by atoms with Crippen LogP contribution in [0.25, 0.3) is 0 Å². The molecular weight excluding hydrogens is 377 g/mol. The molecule has 144 valence electrons. The van der Waals surface area contributed by atoms with Gasteiger partial charge in [0, 0.05) is 12.2 Å². The highest BCUT2D eigenvalue weighted by Gasteiger charge is 2.32. The molecule has 26 heavy (non-hydrogen) atoms. The van der Waals surface area contributed by atoms with Crippen LogP contribution in [0.4, 0.5) is 23.7 Å². The molecule has 0 aliphatic carbocycles. The number of carbonyl (C=O) groups is 1. The summed E-state index contributed by atoms with van der Waals surface area (Å²) in [5, 5.41) is 9.27. The number of nitrogens with zero attached hydrogens (tertiary/aromatic N) is 1. The van der Waals surface area contributed by atoms with Crippen molar-refractivity contribution in [1.82, 2.24) is 4.72 Å². The van der Waals surface area contributed by atoms with E-state index in [4.69, 9.17) is 0 Å². The highest BCUT2D eigenvalue weighted by molar-refractivity contribution is 7.84. The molecule has 0 bridgehead atoms. The zero-order chi connectivity index (χ0) is 20.0. The van der Waals surface area contributed by atoms with Gasteiger partial charge in [0.1, 0.15) is 12.1 Å². The molecule has 0 radical (unpaired) electrons. The molecule has 1 aromatic carbocycles. The van der Waals surface area contributed by atoms with E-state index in [0.717, 1.165) is 12.1 Å². The first kappa shape index (κ1) is 21.6. The van der Waals surface area contributed by atoms with E-state index in [1.165, 1.54) is 13.0 Å². The van der Waals surface area contributed by atoms with E-state index in [1.54, 1.807) is 6.92 Å². The van der Waals surface area contributed by atoms with Gasteiger partial charge in [-0.25, -0.2) is 4.79 Å². The van der Waals surface area contributed by atoms with E-state index in [-0.39, 0.29) is 12.2 Å². The van der Waals surface area contributed by atoms with Crippen LogP contribution in [-0.2, 0) is 20.7 Å². The SMILES string of the molecule is CCCNS(=O)(=O)OC#CC(C)N(C(=O)O)c1cccc(C(F)(F)F)c1. The van der Waals surface area contributed by atoms with E-state index in [2.05, 4.69) is 14.8 Å². The number of rotatable bonds is 6. The molecule has 0 spiro atoms. The molecule has 0 aromatic heterocycles. The number of anilines is 1. The second-order valence-electron chi connectivity index (χ2n) is 5.05. The average molecular weight is 394 g/mol. The van der Waals surface area contributed by atoms with Gasteiger partial charge in [0.05, 0.1) is 5.56 Å². The zero-order valence-corrected chi connectivity index (χ0v) is 14.7. The minimum atomic E-state index is -4.64. The molecule has 1 atom stereocenters.